The maximum atomic E-state index is 12.2. The van der Waals surface area contributed by atoms with E-state index >= 15 is 0 Å². The Labute approximate surface area is 173 Å². The molecule has 6 nitrogen and oxygen atoms in total. The number of carbonyl (C=O) groups excluding carboxylic acids is 1. The standard InChI is InChI=1S/C23H31N3O3/c1-17-11-14-26(15-12-17)20-7-4-18(5-8-20)24-13-10-23(27)25-19-6-9-21(28-2)22(16-19)29-3/h4-9,16-17,24H,10-15H2,1-3H3,(H,25,27). The Kier molecular flexibility index (Phi) is 7.22. The number of amides is 1. The zero-order valence-electron chi connectivity index (χ0n) is 17.5. The van der Waals surface area contributed by atoms with Crippen molar-refractivity contribution in [3.63, 3.8) is 0 Å². The zero-order valence-corrected chi connectivity index (χ0v) is 17.5. The van der Waals surface area contributed by atoms with Crippen molar-refractivity contribution in [2.75, 3.05) is 49.4 Å². The molecule has 0 aromatic heterocycles. The van der Waals surface area contributed by atoms with Gasteiger partial charge in [-0.3, -0.25) is 4.79 Å². The molecule has 0 bridgehead atoms. The molecule has 1 aliphatic heterocycles. The Morgan fingerprint density at radius 3 is 2.31 bits per heavy atom. The number of methoxy groups -OCH3 is 2. The number of nitrogens with one attached hydrogen (secondary N) is 2. The highest BCUT2D eigenvalue weighted by Crippen LogP contribution is 2.29. The number of carbonyl (C=O) groups is 1. The van der Waals surface area contributed by atoms with Gasteiger partial charge in [-0.05, 0) is 55.2 Å². The quantitative estimate of drug-likeness (QED) is 0.692. The molecule has 0 spiro atoms. The average molecular weight is 398 g/mol. The smallest absolute Gasteiger partial charge is 0.226 e. The van der Waals surface area contributed by atoms with Crippen LogP contribution in [0.3, 0.4) is 0 Å². The van der Waals surface area contributed by atoms with E-state index < -0.39 is 0 Å². The van der Waals surface area contributed by atoms with Crippen LogP contribution in [0.1, 0.15) is 26.2 Å². The molecule has 29 heavy (non-hydrogen) atoms. The van der Waals surface area contributed by atoms with E-state index in [4.69, 9.17) is 9.47 Å². The number of hydrogen-bond donors (Lipinski definition) is 2. The van der Waals surface area contributed by atoms with E-state index in [-0.39, 0.29) is 5.91 Å². The zero-order chi connectivity index (χ0) is 20.6. The summed E-state index contributed by atoms with van der Waals surface area (Å²) in [4.78, 5) is 14.7. The molecular formula is C23H31N3O3. The average Bonchev–Trinajstić information content (AvgIpc) is 2.74. The van der Waals surface area contributed by atoms with Gasteiger partial charge in [-0.2, -0.15) is 0 Å². The van der Waals surface area contributed by atoms with Gasteiger partial charge < -0.3 is 25.0 Å². The Hall–Kier alpha value is -2.89. The lowest BCUT2D eigenvalue weighted by Gasteiger charge is -2.32. The largest absolute Gasteiger partial charge is 0.493 e. The highest BCUT2D eigenvalue weighted by atomic mass is 16.5. The van der Waals surface area contributed by atoms with Gasteiger partial charge in [0.25, 0.3) is 0 Å². The van der Waals surface area contributed by atoms with E-state index in [1.165, 1.54) is 18.5 Å². The maximum absolute atomic E-state index is 12.2. The van der Waals surface area contributed by atoms with Crippen molar-refractivity contribution in [3.8, 4) is 11.5 Å². The number of hydrogen-bond acceptors (Lipinski definition) is 5. The molecule has 0 atom stereocenters. The molecule has 2 N–H and O–H groups in total. The molecule has 1 heterocycles. The van der Waals surface area contributed by atoms with Crippen LogP contribution in [0.15, 0.2) is 42.5 Å². The summed E-state index contributed by atoms with van der Waals surface area (Å²) in [5, 5.41) is 6.20. The summed E-state index contributed by atoms with van der Waals surface area (Å²) in [5.74, 6) is 2.00. The van der Waals surface area contributed by atoms with E-state index in [0.717, 1.165) is 24.7 Å². The minimum Gasteiger partial charge on any atom is -0.493 e. The van der Waals surface area contributed by atoms with Crippen LogP contribution in [0.5, 0.6) is 11.5 Å². The van der Waals surface area contributed by atoms with Crippen LogP contribution in [0.25, 0.3) is 0 Å². The van der Waals surface area contributed by atoms with Crippen LogP contribution in [-0.2, 0) is 4.79 Å². The lowest BCUT2D eigenvalue weighted by Crippen LogP contribution is -2.32. The van der Waals surface area contributed by atoms with Gasteiger partial charge in [0.15, 0.2) is 11.5 Å². The first-order valence-electron chi connectivity index (χ1n) is 10.2. The van der Waals surface area contributed by atoms with E-state index in [2.05, 4.69) is 46.7 Å². The number of piperidine rings is 1. The van der Waals surface area contributed by atoms with E-state index in [1.807, 2.05) is 0 Å². The Balaban J connectivity index is 1.44. The topological polar surface area (TPSA) is 62.8 Å². The summed E-state index contributed by atoms with van der Waals surface area (Å²) in [6.07, 6.45) is 2.89. The van der Waals surface area contributed by atoms with Gasteiger partial charge in [-0.1, -0.05) is 6.92 Å². The minimum atomic E-state index is -0.0521. The van der Waals surface area contributed by atoms with Gasteiger partial charge in [0.05, 0.1) is 14.2 Å². The van der Waals surface area contributed by atoms with E-state index in [1.54, 1.807) is 32.4 Å². The molecule has 0 aliphatic carbocycles. The van der Waals surface area contributed by atoms with Gasteiger partial charge in [0, 0.05) is 49.2 Å². The molecule has 2 aromatic rings. The molecule has 1 aliphatic rings. The van der Waals surface area contributed by atoms with Crippen LogP contribution in [0.4, 0.5) is 17.1 Å². The summed E-state index contributed by atoms with van der Waals surface area (Å²) in [6, 6.07) is 13.8. The predicted molar refractivity (Wildman–Crippen MR) is 118 cm³/mol. The summed E-state index contributed by atoms with van der Waals surface area (Å²) >= 11 is 0. The summed E-state index contributed by atoms with van der Waals surface area (Å²) < 4.78 is 10.5. The molecule has 1 fully saturated rings. The molecule has 3 rings (SSSR count). The molecule has 0 radical (unpaired) electrons. The van der Waals surface area contributed by atoms with E-state index in [9.17, 15) is 4.79 Å². The highest BCUT2D eigenvalue weighted by molar-refractivity contribution is 5.91. The van der Waals surface area contributed by atoms with E-state index in [0.29, 0.717) is 30.2 Å². The SMILES string of the molecule is COc1ccc(NC(=O)CCNc2ccc(N3CCC(C)CC3)cc2)cc1OC. The van der Waals surface area contributed by atoms with Gasteiger partial charge in [0.1, 0.15) is 0 Å². The summed E-state index contributed by atoms with van der Waals surface area (Å²) in [6.45, 7) is 5.15. The van der Waals surface area contributed by atoms with Gasteiger partial charge in [-0.25, -0.2) is 0 Å². The minimum absolute atomic E-state index is 0.0521. The second-order valence-electron chi connectivity index (χ2n) is 7.51. The van der Waals surface area contributed by atoms with Crippen molar-refractivity contribution in [2.45, 2.75) is 26.2 Å². The van der Waals surface area contributed by atoms with Crippen molar-refractivity contribution in [2.24, 2.45) is 5.92 Å². The normalized spacial score (nSPS) is 14.4. The highest BCUT2D eigenvalue weighted by Gasteiger charge is 2.15. The first kappa shape index (κ1) is 20.8. The number of rotatable bonds is 8. The molecule has 156 valence electrons. The van der Waals surface area contributed by atoms with Crippen LogP contribution >= 0.6 is 0 Å². The van der Waals surface area contributed by atoms with Crippen LogP contribution in [0.2, 0.25) is 0 Å². The number of nitrogens with zero attached hydrogens (tertiary/aromatic N) is 1. The predicted octanol–water partition coefficient (Wildman–Crippen LogP) is 4.38. The van der Waals surface area contributed by atoms with Gasteiger partial charge >= 0.3 is 0 Å². The van der Waals surface area contributed by atoms with Gasteiger partial charge in [0.2, 0.25) is 5.91 Å². The van der Waals surface area contributed by atoms with Crippen molar-refractivity contribution < 1.29 is 14.3 Å². The molecular weight excluding hydrogens is 366 g/mol. The molecule has 2 aromatic carbocycles. The maximum Gasteiger partial charge on any atom is 0.226 e. The molecule has 6 heteroatoms. The first-order valence-corrected chi connectivity index (χ1v) is 10.2. The van der Waals surface area contributed by atoms with Crippen molar-refractivity contribution in [1.29, 1.82) is 0 Å². The van der Waals surface area contributed by atoms with Crippen molar-refractivity contribution in [1.82, 2.24) is 0 Å². The molecule has 1 saturated heterocycles. The van der Waals surface area contributed by atoms with Gasteiger partial charge in [-0.15, -0.1) is 0 Å². The lowest BCUT2D eigenvalue weighted by molar-refractivity contribution is -0.115. The second-order valence-corrected chi connectivity index (χ2v) is 7.51. The first-order chi connectivity index (χ1) is 14.1. The summed E-state index contributed by atoms with van der Waals surface area (Å²) in [7, 11) is 3.16. The third-order valence-electron chi connectivity index (χ3n) is 5.36. The fourth-order valence-electron chi connectivity index (χ4n) is 3.51. The Morgan fingerprint density at radius 2 is 1.66 bits per heavy atom. The fraction of sp³-hybridized carbons (Fsp3) is 0.435. The molecule has 1 amide bonds. The van der Waals surface area contributed by atoms with Crippen LogP contribution in [-0.4, -0.2) is 39.8 Å². The Morgan fingerprint density at radius 1 is 1.00 bits per heavy atom. The third kappa shape index (κ3) is 5.79. The van der Waals surface area contributed by atoms with Crippen molar-refractivity contribution >= 4 is 23.0 Å². The third-order valence-corrected chi connectivity index (χ3v) is 5.36. The van der Waals surface area contributed by atoms with Crippen LogP contribution < -0.4 is 25.0 Å². The molecule has 0 unspecified atom stereocenters. The lowest BCUT2D eigenvalue weighted by atomic mass is 9.99. The molecule has 0 saturated carbocycles. The number of ether oxygens (including phenoxy) is 2. The number of anilines is 3. The Bertz CT molecular complexity index is 800. The fourth-order valence-corrected chi connectivity index (χ4v) is 3.51. The monoisotopic (exact) mass is 397 g/mol. The second kappa shape index (κ2) is 10.0. The van der Waals surface area contributed by atoms with Crippen molar-refractivity contribution in [3.05, 3.63) is 42.5 Å². The summed E-state index contributed by atoms with van der Waals surface area (Å²) in [5.41, 5.74) is 2.99. The number of benzene rings is 2. The van der Waals surface area contributed by atoms with Crippen LogP contribution in [0, 0.1) is 5.92 Å².